The molecule has 0 atom stereocenters. The number of aldehydes is 1. The van der Waals surface area contributed by atoms with Crippen LogP contribution in [0.15, 0.2) is 36.0 Å². The number of carbonyl (C=O) groups is 1. The fourth-order valence-electron chi connectivity index (χ4n) is 0.136. The van der Waals surface area contributed by atoms with Crippen LogP contribution in [-0.2, 0) is 4.79 Å². The monoisotopic (exact) mass is 196 g/mol. The first-order chi connectivity index (χ1) is 6.23. The van der Waals surface area contributed by atoms with E-state index in [1.54, 1.807) is 0 Å². The minimum Gasteiger partial charge on any atom is -0.299 e. The van der Waals surface area contributed by atoms with Crippen molar-refractivity contribution in [2.45, 2.75) is 41.5 Å². The zero-order chi connectivity index (χ0) is 12.1. The fourth-order valence-corrected chi connectivity index (χ4v) is 0.136. The van der Waals surface area contributed by atoms with Gasteiger partial charge in [-0.3, -0.25) is 4.79 Å². The molecule has 0 aliphatic heterocycles. The van der Waals surface area contributed by atoms with Crippen LogP contribution in [0.2, 0.25) is 0 Å². The van der Waals surface area contributed by atoms with Crippen LogP contribution >= 0.6 is 0 Å². The quantitative estimate of drug-likeness (QED) is 0.347. The molecule has 0 saturated heterocycles. The number of carbonyl (C=O) groups excluding carboxylic acids is 1. The van der Waals surface area contributed by atoms with Gasteiger partial charge in [-0.1, -0.05) is 16.7 Å². The molecule has 14 heavy (non-hydrogen) atoms. The maximum absolute atomic E-state index is 9.54. The second kappa shape index (κ2) is 14.4. The largest absolute Gasteiger partial charge is 0.299 e. The second-order valence-electron chi connectivity index (χ2n) is 3.79. The SMILES string of the molecule is C=C(C)C.C=C(C)C.CC(C)=CC=O. The Balaban J connectivity index is -0.000000135. The summed E-state index contributed by atoms with van der Waals surface area (Å²) in [6.45, 7) is 18.8. The third-order valence-electron chi connectivity index (χ3n) is 0.401. The van der Waals surface area contributed by atoms with Gasteiger partial charge in [0.05, 0.1) is 0 Å². The van der Waals surface area contributed by atoms with E-state index in [9.17, 15) is 4.79 Å². The van der Waals surface area contributed by atoms with Crippen molar-refractivity contribution in [3.8, 4) is 0 Å². The predicted octanol–water partition coefficient (Wildman–Crippen LogP) is 4.32. The summed E-state index contributed by atoms with van der Waals surface area (Å²) in [7, 11) is 0. The Morgan fingerprint density at radius 3 is 1.07 bits per heavy atom. The normalized spacial score (nSPS) is 6.71. The molecule has 0 rings (SSSR count). The van der Waals surface area contributed by atoms with Gasteiger partial charge >= 0.3 is 0 Å². The van der Waals surface area contributed by atoms with Crippen LogP contribution in [-0.4, -0.2) is 6.29 Å². The Labute approximate surface area is 89.2 Å². The van der Waals surface area contributed by atoms with Gasteiger partial charge in [0.2, 0.25) is 0 Å². The molecule has 0 spiro atoms. The molecule has 0 bridgehead atoms. The number of rotatable bonds is 1. The fraction of sp³-hybridized carbons (Fsp3) is 0.462. The molecule has 0 aromatic rings. The molecule has 0 fully saturated rings. The molecular weight excluding hydrogens is 172 g/mol. The van der Waals surface area contributed by atoms with Crippen molar-refractivity contribution in [1.82, 2.24) is 0 Å². The highest BCUT2D eigenvalue weighted by Gasteiger charge is 1.66. The van der Waals surface area contributed by atoms with E-state index in [-0.39, 0.29) is 0 Å². The molecule has 0 saturated carbocycles. The molecule has 0 aromatic carbocycles. The van der Waals surface area contributed by atoms with Crippen molar-refractivity contribution >= 4 is 6.29 Å². The van der Waals surface area contributed by atoms with Crippen molar-refractivity contribution < 1.29 is 4.79 Å². The summed E-state index contributed by atoms with van der Waals surface area (Å²) < 4.78 is 0. The predicted molar refractivity (Wildman–Crippen MR) is 66.5 cm³/mol. The first kappa shape index (κ1) is 18.6. The summed E-state index contributed by atoms with van der Waals surface area (Å²) in [6, 6.07) is 0. The highest BCUT2D eigenvalue weighted by atomic mass is 16.1. The molecule has 0 aliphatic carbocycles. The third kappa shape index (κ3) is 298. The van der Waals surface area contributed by atoms with E-state index in [0.717, 1.165) is 11.9 Å². The maximum Gasteiger partial charge on any atom is 0.142 e. The van der Waals surface area contributed by atoms with Crippen molar-refractivity contribution in [1.29, 1.82) is 0 Å². The van der Waals surface area contributed by atoms with E-state index in [0.29, 0.717) is 0 Å². The lowest BCUT2D eigenvalue weighted by molar-refractivity contribution is -0.104. The first-order valence-corrected chi connectivity index (χ1v) is 4.56. The van der Waals surface area contributed by atoms with Crippen LogP contribution in [0.5, 0.6) is 0 Å². The molecule has 0 unspecified atom stereocenters. The summed E-state index contributed by atoms with van der Waals surface area (Å²) in [4.78, 5) is 9.54. The van der Waals surface area contributed by atoms with Crippen molar-refractivity contribution in [3.05, 3.63) is 36.0 Å². The van der Waals surface area contributed by atoms with Crippen molar-refractivity contribution in [3.63, 3.8) is 0 Å². The van der Waals surface area contributed by atoms with E-state index >= 15 is 0 Å². The Morgan fingerprint density at radius 2 is 1.07 bits per heavy atom. The van der Waals surface area contributed by atoms with Gasteiger partial charge in [0.1, 0.15) is 6.29 Å². The standard InChI is InChI=1S/C5H8O.2C4H8/c1-5(2)3-4-6;2*1-4(2)3/h3-4H,1-2H3;2*1H2,2-3H3. The number of allylic oxidation sites excluding steroid dienone is 4. The highest BCUT2D eigenvalue weighted by molar-refractivity contribution is 5.65. The average molecular weight is 196 g/mol. The van der Waals surface area contributed by atoms with E-state index in [4.69, 9.17) is 0 Å². The maximum atomic E-state index is 9.54. The lowest BCUT2D eigenvalue weighted by atomic mass is 10.3. The smallest absolute Gasteiger partial charge is 0.142 e. The van der Waals surface area contributed by atoms with Gasteiger partial charge in [-0.15, -0.1) is 13.2 Å². The van der Waals surface area contributed by atoms with E-state index in [1.807, 2.05) is 41.5 Å². The number of hydrogen-bond donors (Lipinski definition) is 0. The number of hydrogen-bond acceptors (Lipinski definition) is 1. The topological polar surface area (TPSA) is 17.1 Å². The van der Waals surface area contributed by atoms with Gasteiger partial charge in [0.25, 0.3) is 0 Å². The third-order valence-corrected chi connectivity index (χ3v) is 0.401. The molecule has 1 heteroatoms. The van der Waals surface area contributed by atoms with Gasteiger partial charge < -0.3 is 0 Å². The molecule has 0 amide bonds. The lowest BCUT2D eigenvalue weighted by Gasteiger charge is -1.73. The lowest BCUT2D eigenvalue weighted by Crippen LogP contribution is -1.62. The summed E-state index contributed by atoms with van der Waals surface area (Å²) in [5.41, 5.74) is 3.38. The molecule has 1 nitrogen and oxygen atoms in total. The van der Waals surface area contributed by atoms with Crippen LogP contribution in [0.1, 0.15) is 41.5 Å². The molecule has 0 aromatic heterocycles. The van der Waals surface area contributed by atoms with Gasteiger partial charge in [-0.25, -0.2) is 0 Å². The average Bonchev–Trinajstić information content (AvgIpc) is 1.82. The summed E-state index contributed by atoms with van der Waals surface area (Å²) in [6.07, 6.45) is 2.31. The van der Waals surface area contributed by atoms with Crippen LogP contribution in [0.3, 0.4) is 0 Å². The van der Waals surface area contributed by atoms with Gasteiger partial charge in [-0.05, 0) is 47.6 Å². The van der Waals surface area contributed by atoms with Crippen LogP contribution in [0, 0.1) is 0 Å². The van der Waals surface area contributed by atoms with Crippen molar-refractivity contribution in [2.75, 3.05) is 0 Å². The highest BCUT2D eigenvalue weighted by Crippen LogP contribution is 1.81. The minimum atomic E-state index is 0.787. The van der Waals surface area contributed by atoms with Gasteiger partial charge in [-0.2, -0.15) is 0 Å². The molecule has 0 aliphatic rings. The van der Waals surface area contributed by atoms with E-state index < -0.39 is 0 Å². The van der Waals surface area contributed by atoms with Crippen LogP contribution in [0.25, 0.3) is 0 Å². The second-order valence-corrected chi connectivity index (χ2v) is 3.79. The molecule has 0 radical (unpaired) electrons. The molecule has 0 heterocycles. The Morgan fingerprint density at radius 1 is 0.857 bits per heavy atom. The minimum absolute atomic E-state index is 0.787. The van der Waals surface area contributed by atoms with E-state index in [2.05, 4.69) is 13.2 Å². The van der Waals surface area contributed by atoms with Gasteiger partial charge in [0.15, 0.2) is 0 Å². The zero-order valence-corrected chi connectivity index (χ0v) is 10.5. The van der Waals surface area contributed by atoms with E-state index in [1.165, 1.54) is 17.2 Å². The Kier molecular flexibility index (Phi) is 19.2. The zero-order valence-electron chi connectivity index (χ0n) is 10.5. The summed E-state index contributed by atoms with van der Waals surface area (Å²) >= 11 is 0. The summed E-state index contributed by atoms with van der Waals surface area (Å²) in [5, 5.41) is 0. The Hall–Kier alpha value is -1.11. The van der Waals surface area contributed by atoms with Gasteiger partial charge in [0, 0.05) is 0 Å². The Bertz CT molecular complexity index is 173. The molecule has 0 N–H and O–H groups in total. The first-order valence-electron chi connectivity index (χ1n) is 4.56. The molecular formula is C13H24O. The van der Waals surface area contributed by atoms with Crippen LogP contribution in [0.4, 0.5) is 0 Å². The van der Waals surface area contributed by atoms with Crippen molar-refractivity contribution in [2.24, 2.45) is 0 Å². The summed E-state index contributed by atoms with van der Waals surface area (Å²) in [5.74, 6) is 0. The van der Waals surface area contributed by atoms with Crippen LogP contribution < -0.4 is 0 Å². The molecule has 82 valence electrons.